The molecule has 8 atom stereocenters. The lowest BCUT2D eigenvalue weighted by molar-refractivity contribution is -0.230. The summed E-state index contributed by atoms with van der Waals surface area (Å²) in [6.45, 7) is 6.91. The Hall–Kier alpha value is -0.950. The van der Waals surface area contributed by atoms with Gasteiger partial charge in [-0.25, -0.2) is 4.79 Å². The largest absolute Gasteiger partial charge is 0.458 e. The average molecular weight is 296 g/mol. The summed E-state index contributed by atoms with van der Waals surface area (Å²) in [6.07, 6.45) is -1.06. The van der Waals surface area contributed by atoms with Gasteiger partial charge < -0.3 is 24.8 Å². The van der Waals surface area contributed by atoms with Gasteiger partial charge in [0.15, 0.2) is 0 Å². The predicted molar refractivity (Wildman–Crippen MR) is 70.1 cm³/mol. The van der Waals surface area contributed by atoms with Gasteiger partial charge in [-0.1, -0.05) is 6.58 Å². The number of carbonyl (C=O) groups excluding carboxylic acids is 1. The Bertz CT molecular complexity index is 552. The molecule has 2 saturated carbocycles. The third-order valence-electron chi connectivity index (χ3n) is 6.09. The molecule has 2 heterocycles. The topological polar surface area (TPSA) is 99.5 Å². The van der Waals surface area contributed by atoms with Crippen molar-refractivity contribution in [3.63, 3.8) is 0 Å². The van der Waals surface area contributed by atoms with Crippen molar-refractivity contribution in [2.45, 2.75) is 61.8 Å². The molecule has 6 heteroatoms. The summed E-state index contributed by atoms with van der Waals surface area (Å²) in [5.74, 6) is -1.56. The molecule has 4 aliphatic rings. The fraction of sp³-hybridized carbons (Fsp3) is 0.800. The summed E-state index contributed by atoms with van der Waals surface area (Å²) in [6, 6.07) is 0. The fourth-order valence-corrected chi connectivity index (χ4v) is 4.82. The van der Waals surface area contributed by atoms with Gasteiger partial charge in [-0.2, -0.15) is 0 Å². The van der Waals surface area contributed by atoms with E-state index in [1.165, 1.54) is 0 Å². The van der Waals surface area contributed by atoms with Gasteiger partial charge in [0.05, 0.1) is 11.5 Å². The molecule has 3 N–H and O–H groups in total. The van der Waals surface area contributed by atoms with Crippen LogP contribution in [0.3, 0.4) is 0 Å². The van der Waals surface area contributed by atoms with Gasteiger partial charge in [0.1, 0.15) is 29.5 Å². The lowest BCUT2D eigenvalue weighted by atomic mass is 9.70. The summed E-state index contributed by atoms with van der Waals surface area (Å²) < 4.78 is 10.8. The van der Waals surface area contributed by atoms with Gasteiger partial charge in [-0.05, 0) is 26.7 Å². The second-order valence-electron chi connectivity index (χ2n) is 7.32. The maximum atomic E-state index is 11.8. The zero-order valence-corrected chi connectivity index (χ0v) is 12.1. The van der Waals surface area contributed by atoms with Crippen LogP contribution < -0.4 is 0 Å². The Morgan fingerprint density at radius 2 is 1.90 bits per heavy atom. The molecular weight excluding hydrogens is 276 g/mol. The molecule has 0 bridgehead atoms. The first-order valence-corrected chi connectivity index (χ1v) is 7.34. The molecule has 4 fully saturated rings. The van der Waals surface area contributed by atoms with Crippen LogP contribution >= 0.6 is 0 Å². The number of aliphatic hydroxyl groups is 3. The highest BCUT2D eigenvalue weighted by Crippen LogP contribution is 2.64. The van der Waals surface area contributed by atoms with Crippen molar-refractivity contribution >= 4 is 5.97 Å². The van der Waals surface area contributed by atoms with Crippen LogP contribution in [0.2, 0.25) is 0 Å². The normalized spacial score (nSPS) is 61.7. The van der Waals surface area contributed by atoms with Crippen LogP contribution in [0.4, 0.5) is 0 Å². The summed E-state index contributed by atoms with van der Waals surface area (Å²) in [7, 11) is 0. The summed E-state index contributed by atoms with van der Waals surface area (Å²) in [5, 5.41) is 32.9. The van der Waals surface area contributed by atoms with Gasteiger partial charge in [0.2, 0.25) is 0 Å². The van der Waals surface area contributed by atoms with Crippen molar-refractivity contribution in [1.82, 2.24) is 0 Å². The van der Waals surface area contributed by atoms with Crippen molar-refractivity contribution in [3.05, 3.63) is 12.2 Å². The molecule has 2 aliphatic heterocycles. The number of carbonyl (C=O) groups is 1. The van der Waals surface area contributed by atoms with Crippen molar-refractivity contribution in [2.75, 3.05) is 0 Å². The van der Waals surface area contributed by atoms with Crippen LogP contribution in [0.25, 0.3) is 0 Å². The number of rotatable bonds is 0. The van der Waals surface area contributed by atoms with E-state index in [4.69, 9.17) is 9.47 Å². The highest BCUT2D eigenvalue weighted by Gasteiger charge is 2.82. The number of ether oxygens (including phenoxy) is 2. The Morgan fingerprint density at radius 1 is 1.24 bits per heavy atom. The Kier molecular flexibility index (Phi) is 2.29. The predicted octanol–water partition coefficient (Wildman–Crippen LogP) is -0.492. The van der Waals surface area contributed by atoms with Crippen LogP contribution in [0.5, 0.6) is 0 Å². The van der Waals surface area contributed by atoms with Crippen molar-refractivity contribution < 1.29 is 29.6 Å². The molecule has 116 valence electrons. The number of esters is 1. The number of fused-ring (bicyclic) bond motifs is 5. The van der Waals surface area contributed by atoms with E-state index in [0.717, 1.165) is 0 Å². The molecule has 6 nitrogen and oxygen atoms in total. The van der Waals surface area contributed by atoms with Crippen molar-refractivity contribution in [2.24, 2.45) is 11.8 Å². The molecule has 0 aromatic carbocycles. The van der Waals surface area contributed by atoms with E-state index in [0.29, 0.717) is 18.4 Å². The monoisotopic (exact) mass is 296 g/mol. The SMILES string of the molecule is C=C1C(=O)O[C@H]2[C@H]1CC[C@@](C)(O)[C@]1(O)[C@@H]3O[C@@H]3[C@](C)(O)[C@H]21. The van der Waals surface area contributed by atoms with E-state index >= 15 is 0 Å². The first-order chi connectivity index (χ1) is 9.62. The van der Waals surface area contributed by atoms with Crippen LogP contribution in [-0.2, 0) is 14.3 Å². The number of epoxide rings is 1. The van der Waals surface area contributed by atoms with Gasteiger partial charge in [-0.3, -0.25) is 0 Å². The molecule has 21 heavy (non-hydrogen) atoms. The molecule has 0 radical (unpaired) electrons. The Balaban J connectivity index is 1.87. The van der Waals surface area contributed by atoms with Gasteiger partial charge in [0.25, 0.3) is 0 Å². The van der Waals surface area contributed by atoms with Gasteiger partial charge >= 0.3 is 5.97 Å². The Morgan fingerprint density at radius 3 is 2.57 bits per heavy atom. The zero-order valence-electron chi connectivity index (χ0n) is 12.1. The fourth-order valence-electron chi connectivity index (χ4n) is 4.82. The molecular formula is C15H20O6. The highest BCUT2D eigenvalue weighted by molar-refractivity contribution is 5.91. The number of hydrogen-bond donors (Lipinski definition) is 3. The van der Waals surface area contributed by atoms with E-state index in [2.05, 4.69) is 6.58 Å². The average Bonchev–Trinajstić information content (AvgIpc) is 3.10. The third-order valence-corrected chi connectivity index (χ3v) is 6.09. The maximum Gasteiger partial charge on any atom is 0.334 e. The molecule has 0 aromatic heterocycles. The van der Waals surface area contributed by atoms with Crippen LogP contribution in [0.15, 0.2) is 12.2 Å². The summed E-state index contributed by atoms with van der Waals surface area (Å²) in [4.78, 5) is 11.8. The van der Waals surface area contributed by atoms with E-state index in [1.54, 1.807) is 13.8 Å². The smallest absolute Gasteiger partial charge is 0.334 e. The molecule has 2 saturated heterocycles. The minimum absolute atomic E-state index is 0.285. The molecule has 0 amide bonds. The maximum absolute atomic E-state index is 11.8. The van der Waals surface area contributed by atoms with E-state index in [1.807, 2.05) is 0 Å². The van der Waals surface area contributed by atoms with E-state index in [9.17, 15) is 20.1 Å². The first-order valence-electron chi connectivity index (χ1n) is 7.34. The zero-order chi connectivity index (χ0) is 15.4. The summed E-state index contributed by atoms with van der Waals surface area (Å²) in [5.41, 5.74) is -4.06. The molecule has 0 unspecified atom stereocenters. The quantitative estimate of drug-likeness (QED) is 0.317. The first kappa shape index (κ1) is 13.7. The van der Waals surface area contributed by atoms with E-state index in [-0.39, 0.29) is 5.92 Å². The molecule has 4 rings (SSSR count). The van der Waals surface area contributed by atoms with Gasteiger partial charge in [0, 0.05) is 11.5 Å². The second-order valence-corrected chi connectivity index (χ2v) is 7.32. The standard InChI is InChI=1S/C15H20O6/c1-6-7-4-5-13(2,17)15(19)9(8(7)20-12(6)16)14(3,18)10-11(15)21-10/h7-11,17-19H,1,4-5H2,2-3H3/t7-,8-,9-,10-,11+,13+,14+,15+/m0/s1. The number of hydrogen-bond acceptors (Lipinski definition) is 6. The lowest BCUT2D eigenvalue weighted by Crippen LogP contribution is -2.64. The minimum atomic E-state index is -1.63. The van der Waals surface area contributed by atoms with Gasteiger partial charge in [-0.15, -0.1) is 0 Å². The third kappa shape index (κ3) is 1.35. The highest BCUT2D eigenvalue weighted by atomic mass is 16.6. The second kappa shape index (κ2) is 3.51. The Labute approximate surface area is 122 Å². The molecule has 0 spiro atoms. The minimum Gasteiger partial charge on any atom is -0.458 e. The van der Waals surface area contributed by atoms with Crippen molar-refractivity contribution in [3.8, 4) is 0 Å². The van der Waals surface area contributed by atoms with Crippen LogP contribution in [0, 0.1) is 11.8 Å². The lowest BCUT2D eigenvalue weighted by Gasteiger charge is -2.46. The van der Waals surface area contributed by atoms with Crippen molar-refractivity contribution in [1.29, 1.82) is 0 Å². The van der Waals surface area contributed by atoms with Crippen LogP contribution in [0.1, 0.15) is 26.7 Å². The van der Waals surface area contributed by atoms with E-state index < -0.39 is 47.0 Å². The molecule has 0 aromatic rings. The van der Waals surface area contributed by atoms with Crippen LogP contribution in [-0.4, -0.2) is 56.4 Å². The molecule has 2 aliphatic carbocycles. The summed E-state index contributed by atoms with van der Waals surface area (Å²) >= 11 is 0.